The molecule has 0 aromatic carbocycles. The van der Waals surface area contributed by atoms with E-state index >= 15 is 0 Å². The van der Waals surface area contributed by atoms with Crippen LogP contribution >= 0.6 is 0 Å². The number of ether oxygens (including phenoxy) is 2. The van der Waals surface area contributed by atoms with Crippen molar-refractivity contribution in [2.75, 3.05) is 40.0 Å². The molecule has 10 nitrogen and oxygen atoms in total. The molecule has 3 aliphatic heterocycles. The topological polar surface area (TPSA) is 110 Å². The van der Waals surface area contributed by atoms with Gasteiger partial charge in [0.25, 0.3) is 5.91 Å². The Morgan fingerprint density at radius 1 is 1.25 bits per heavy atom. The smallest absolute Gasteiger partial charge is 0.417 e. The first-order valence-electron chi connectivity index (χ1n) is 13.4. The van der Waals surface area contributed by atoms with E-state index < -0.39 is 17.2 Å². The number of carbonyl (C=O) groups is 2. The Bertz CT molecular complexity index is 1320. The first-order chi connectivity index (χ1) is 19.2. The van der Waals surface area contributed by atoms with E-state index in [4.69, 9.17) is 18.9 Å². The number of oxazole rings is 1. The van der Waals surface area contributed by atoms with Crippen LogP contribution in [0.3, 0.4) is 0 Å². The Labute approximate surface area is 228 Å². The summed E-state index contributed by atoms with van der Waals surface area (Å²) in [5, 5.41) is 0. The molecule has 4 aliphatic rings. The Morgan fingerprint density at radius 3 is 2.85 bits per heavy atom. The molecule has 2 unspecified atom stereocenters. The van der Waals surface area contributed by atoms with Gasteiger partial charge in [0.2, 0.25) is 5.91 Å². The molecule has 5 heterocycles. The largest absolute Gasteiger partial charge is 0.451 e. The fourth-order valence-electron chi connectivity index (χ4n) is 6.58. The number of methoxy groups -OCH3 is 1. The average Bonchev–Trinajstić information content (AvgIpc) is 3.67. The minimum absolute atomic E-state index is 0.0367. The third-order valence-electron chi connectivity index (χ3n) is 8.64. The molecule has 6 rings (SSSR count). The van der Waals surface area contributed by atoms with Crippen LogP contribution in [-0.4, -0.2) is 89.4 Å². The summed E-state index contributed by atoms with van der Waals surface area (Å²) in [5.74, 6) is -0.673. The predicted molar refractivity (Wildman–Crippen MR) is 133 cm³/mol. The van der Waals surface area contributed by atoms with E-state index in [-0.39, 0.29) is 48.7 Å². The molecule has 1 aliphatic carbocycles. The number of carbonyl (C=O) groups excluding carboxylic acids is 2. The Kier molecular flexibility index (Phi) is 6.89. The summed E-state index contributed by atoms with van der Waals surface area (Å²) >= 11 is 0. The van der Waals surface area contributed by atoms with Crippen molar-refractivity contribution >= 4 is 17.5 Å². The number of hydrogen-bond donors (Lipinski definition) is 0. The quantitative estimate of drug-likeness (QED) is 0.565. The third-order valence-corrected chi connectivity index (χ3v) is 8.64. The maximum absolute atomic E-state index is 14.3. The Hall–Kier alpha value is -3.32. The molecule has 0 N–H and O–H groups in total. The monoisotopic (exact) mass is 561 g/mol. The zero-order valence-electron chi connectivity index (χ0n) is 22.0. The second-order valence-corrected chi connectivity index (χ2v) is 11.0. The summed E-state index contributed by atoms with van der Waals surface area (Å²) in [7, 11) is 1.63. The molecular weight excluding hydrogens is 531 g/mol. The van der Waals surface area contributed by atoms with Crippen molar-refractivity contribution in [3.8, 4) is 0 Å². The fraction of sp³-hybridized carbons (Fsp3) is 0.593. The SMILES string of the molecule is COC1COCCC1N=C1C[C@H]2CN(C(=O)c3cocn3)C[C@@]2(C(=O)N2CCc3ncc(C(F)(F)F)cc3C2)C1. The van der Waals surface area contributed by atoms with Crippen molar-refractivity contribution in [2.45, 2.75) is 50.6 Å². The lowest BCUT2D eigenvalue weighted by Crippen LogP contribution is -2.49. The molecule has 2 aromatic rings. The molecule has 13 heteroatoms. The molecule has 40 heavy (non-hydrogen) atoms. The van der Waals surface area contributed by atoms with Crippen LogP contribution in [0.25, 0.3) is 0 Å². The van der Waals surface area contributed by atoms with E-state index in [1.165, 1.54) is 12.7 Å². The highest BCUT2D eigenvalue weighted by Gasteiger charge is 2.59. The predicted octanol–water partition coefficient (Wildman–Crippen LogP) is 2.77. The van der Waals surface area contributed by atoms with E-state index in [0.29, 0.717) is 63.2 Å². The zero-order chi connectivity index (χ0) is 28.1. The summed E-state index contributed by atoms with van der Waals surface area (Å²) in [4.78, 5) is 43.7. The normalized spacial score (nSPS) is 29.5. The fourth-order valence-corrected chi connectivity index (χ4v) is 6.58. The summed E-state index contributed by atoms with van der Waals surface area (Å²) in [6, 6.07) is 1.00. The lowest BCUT2D eigenvalue weighted by atomic mass is 9.78. The number of halogens is 3. The van der Waals surface area contributed by atoms with Crippen molar-refractivity contribution in [1.29, 1.82) is 0 Å². The lowest BCUT2D eigenvalue weighted by Gasteiger charge is -2.36. The maximum Gasteiger partial charge on any atom is 0.417 e. The number of pyridine rings is 1. The van der Waals surface area contributed by atoms with E-state index in [2.05, 4.69) is 9.97 Å². The summed E-state index contributed by atoms with van der Waals surface area (Å²) in [6.45, 7) is 1.93. The number of aromatic nitrogens is 2. The van der Waals surface area contributed by atoms with Crippen molar-refractivity contribution in [2.24, 2.45) is 16.3 Å². The van der Waals surface area contributed by atoms with Gasteiger partial charge in [0.15, 0.2) is 12.1 Å². The molecule has 0 bridgehead atoms. The number of hydrogen-bond acceptors (Lipinski definition) is 8. The first-order valence-corrected chi connectivity index (χ1v) is 13.4. The number of nitrogens with zero attached hydrogens (tertiary/aromatic N) is 5. The summed E-state index contributed by atoms with van der Waals surface area (Å²) < 4.78 is 56.2. The number of amides is 2. The van der Waals surface area contributed by atoms with Gasteiger partial charge in [-0.15, -0.1) is 0 Å². The van der Waals surface area contributed by atoms with Gasteiger partial charge in [-0.25, -0.2) is 4.98 Å². The minimum atomic E-state index is -4.52. The van der Waals surface area contributed by atoms with E-state index in [0.717, 1.165) is 18.0 Å². The van der Waals surface area contributed by atoms with E-state index in [1.54, 1.807) is 16.9 Å². The highest BCUT2D eigenvalue weighted by molar-refractivity contribution is 5.99. The van der Waals surface area contributed by atoms with Gasteiger partial charge in [0.05, 0.1) is 23.6 Å². The van der Waals surface area contributed by atoms with Crippen LogP contribution in [0.15, 0.2) is 34.3 Å². The van der Waals surface area contributed by atoms with E-state index in [1.807, 2.05) is 0 Å². The molecule has 4 atom stereocenters. The lowest BCUT2D eigenvalue weighted by molar-refractivity contribution is -0.143. The zero-order valence-corrected chi connectivity index (χ0v) is 22.0. The molecule has 2 saturated heterocycles. The van der Waals surface area contributed by atoms with Gasteiger partial charge in [0.1, 0.15) is 12.4 Å². The Balaban J connectivity index is 1.29. The number of fused-ring (bicyclic) bond motifs is 2. The van der Waals surface area contributed by atoms with Crippen molar-refractivity contribution in [3.05, 3.63) is 47.4 Å². The van der Waals surface area contributed by atoms with Gasteiger partial charge in [-0.2, -0.15) is 13.2 Å². The van der Waals surface area contributed by atoms with E-state index in [9.17, 15) is 22.8 Å². The molecule has 2 amide bonds. The highest BCUT2D eigenvalue weighted by Crippen LogP contribution is 2.50. The van der Waals surface area contributed by atoms with Crippen LogP contribution in [0.4, 0.5) is 13.2 Å². The second-order valence-electron chi connectivity index (χ2n) is 11.0. The van der Waals surface area contributed by atoms with Crippen LogP contribution in [0.1, 0.15) is 46.6 Å². The molecule has 214 valence electrons. The van der Waals surface area contributed by atoms with Crippen LogP contribution in [0.5, 0.6) is 0 Å². The second kappa shape index (κ2) is 10.3. The summed E-state index contributed by atoms with van der Waals surface area (Å²) in [6.07, 6.45) is 0.606. The van der Waals surface area contributed by atoms with Gasteiger partial charge in [-0.1, -0.05) is 0 Å². The standard InChI is InChI=1S/C27H30F3N5O5/c1-38-23-13-39-5-3-21(23)33-19-7-18-11-35(24(36)22-12-40-15-32-22)14-26(18,8-19)25(37)34-4-2-20-16(10-34)6-17(9-31-20)27(28,29)30/h6,9,12,15,18,21,23H,2-5,7-8,10-11,13-14H2,1H3/t18-,21?,23?,26-/m0/s1. The summed E-state index contributed by atoms with van der Waals surface area (Å²) in [5.41, 5.74) is 0.269. The van der Waals surface area contributed by atoms with Crippen LogP contribution in [0, 0.1) is 11.3 Å². The van der Waals surface area contributed by atoms with Gasteiger partial charge >= 0.3 is 6.18 Å². The van der Waals surface area contributed by atoms with Gasteiger partial charge in [0, 0.05) is 70.3 Å². The highest BCUT2D eigenvalue weighted by atomic mass is 19.4. The first kappa shape index (κ1) is 26.9. The van der Waals surface area contributed by atoms with Gasteiger partial charge in [-0.05, 0) is 30.4 Å². The number of alkyl halides is 3. The number of aliphatic imine (C=N–C) groups is 1. The molecule has 0 spiro atoms. The molecule has 3 fully saturated rings. The van der Waals surface area contributed by atoms with Crippen LogP contribution in [0.2, 0.25) is 0 Å². The molecule has 2 aromatic heterocycles. The van der Waals surface area contributed by atoms with Crippen molar-refractivity contribution in [3.63, 3.8) is 0 Å². The number of likely N-dealkylation sites (tertiary alicyclic amines) is 1. The minimum Gasteiger partial charge on any atom is -0.451 e. The maximum atomic E-state index is 14.3. The molecule has 1 saturated carbocycles. The van der Waals surface area contributed by atoms with Crippen LogP contribution < -0.4 is 0 Å². The average molecular weight is 562 g/mol. The van der Waals surface area contributed by atoms with Gasteiger partial charge < -0.3 is 23.7 Å². The van der Waals surface area contributed by atoms with Crippen LogP contribution in [-0.2, 0) is 33.4 Å². The van der Waals surface area contributed by atoms with Crippen molar-refractivity contribution < 1.29 is 36.7 Å². The van der Waals surface area contributed by atoms with Gasteiger partial charge in [-0.3, -0.25) is 19.6 Å². The molecule has 0 radical (unpaired) electrons. The van der Waals surface area contributed by atoms with Crippen molar-refractivity contribution in [1.82, 2.24) is 19.8 Å². The Morgan fingerprint density at radius 2 is 2.10 bits per heavy atom. The third kappa shape index (κ3) is 4.78. The molecular formula is C27H30F3N5O5. The number of rotatable bonds is 4.